The predicted molar refractivity (Wildman–Crippen MR) is 366 cm³/mol. The lowest BCUT2D eigenvalue weighted by Gasteiger charge is -2.15. The van der Waals surface area contributed by atoms with Crippen LogP contribution in [0.5, 0.6) is 46.0 Å². The van der Waals surface area contributed by atoms with Gasteiger partial charge in [-0.25, -0.2) is 9.59 Å². The molecule has 20 heteroatoms. The van der Waals surface area contributed by atoms with E-state index in [0.717, 1.165) is 119 Å². The van der Waals surface area contributed by atoms with Crippen molar-refractivity contribution >= 4 is 81.5 Å². The number of hydrogen-bond acceptors (Lipinski definition) is 12. The number of nitrogens with zero attached hydrogens (tertiary/aromatic N) is 4. The Bertz CT molecular complexity index is 3490. The molecule has 0 unspecified atom stereocenters. The van der Waals surface area contributed by atoms with Gasteiger partial charge in [0.15, 0.2) is 0 Å². The highest BCUT2D eigenvalue weighted by Gasteiger charge is 2.17. The quantitative estimate of drug-likeness (QED) is 0.0363. The van der Waals surface area contributed by atoms with Crippen LogP contribution in [0.15, 0.2) is 158 Å². The van der Waals surface area contributed by atoms with E-state index >= 15 is 0 Å². The maximum absolute atomic E-state index is 9.55. The van der Waals surface area contributed by atoms with Gasteiger partial charge in [-0.3, -0.25) is 0 Å². The fourth-order valence-corrected chi connectivity index (χ4v) is 10.1. The zero-order valence-electron chi connectivity index (χ0n) is 51.1. The first-order chi connectivity index (χ1) is 44.4. The number of hydrogen-bond donors (Lipinski definition) is 4. The fraction of sp³-hybridized carbons (Fsp3) is 0.222. The highest BCUT2D eigenvalue weighted by atomic mass is 35.5. The number of carbonyl (C=O) groups is 2. The van der Waals surface area contributed by atoms with E-state index < -0.39 is 11.9 Å². The SMILES string of the molecule is CCCc1c(CCl)cccc1Oc1cc(Cl)ccc1C#N.CCCc1c(CCl)cccc1Oc1cc(Cl)ccc1C#N.CCCc1c(CN)cccc1Oc1cc(Cl)ccc1C#N.CCCc1c(CN)cccc1Oc1cc(Cl)ccc1C#N.O=C(O)/C=C/C(=O)O. The third-order valence-corrected chi connectivity index (χ3v) is 14.7. The van der Waals surface area contributed by atoms with Gasteiger partial charge in [-0.15, -0.1) is 23.2 Å². The minimum Gasteiger partial charge on any atom is -0.478 e. The van der Waals surface area contributed by atoms with Gasteiger partial charge < -0.3 is 40.6 Å². The molecule has 8 rings (SSSR count). The second-order valence-corrected chi connectivity index (χ2v) is 22.0. The van der Waals surface area contributed by atoms with E-state index in [9.17, 15) is 9.59 Å². The summed E-state index contributed by atoms with van der Waals surface area (Å²) in [6.07, 6.45) is 8.60. The summed E-state index contributed by atoms with van der Waals surface area (Å²) >= 11 is 36.0. The number of carboxylic acid groups (broad SMARTS) is 2. The largest absolute Gasteiger partial charge is 0.478 e. The lowest BCUT2D eigenvalue weighted by Crippen LogP contribution is -2.03. The number of alkyl halides is 2. The van der Waals surface area contributed by atoms with Gasteiger partial charge in [0.05, 0.1) is 22.3 Å². The van der Waals surface area contributed by atoms with Crippen LogP contribution in [0.1, 0.15) is 120 Å². The van der Waals surface area contributed by atoms with Crippen molar-refractivity contribution in [3.05, 3.63) is 245 Å². The molecule has 14 nitrogen and oxygen atoms in total. The third kappa shape index (κ3) is 23.8. The molecular formula is C72H68Cl6N6O8. The summed E-state index contributed by atoms with van der Waals surface area (Å²) in [5.41, 5.74) is 22.0. The lowest BCUT2D eigenvalue weighted by atomic mass is 10.0. The number of benzene rings is 8. The van der Waals surface area contributed by atoms with Gasteiger partial charge >= 0.3 is 11.9 Å². The first kappa shape index (κ1) is 75.7. The molecule has 0 saturated carbocycles. The minimum absolute atomic E-state index is 0.438. The van der Waals surface area contributed by atoms with Crippen LogP contribution in [0.25, 0.3) is 0 Å². The Morgan fingerprint density at radius 2 is 0.620 bits per heavy atom. The summed E-state index contributed by atoms with van der Waals surface area (Å²) in [7, 11) is 0. The van der Waals surface area contributed by atoms with E-state index in [1.807, 2.05) is 72.8 Å². The van der Waals surface area contributed by atoms with Gasteiger partial charge in [0, 0.05) is 81.4 Å². The van der Waals surface area contributed by atoms with Crippen LogP contribution in [-0.4, -0.2) is 22.2 Å². The van der Waals surface area contributed by atoms with Gasteiger partial charge in [0.1, 0.15) is 70.3 Å². The Hall–Kier alpha value is -8.74. The Morgan fingerprint density at radius 3 is 0.815 bits per heavy atom. The van der Waals surface area contributed by atoms with Crippen LogP contribution < -0.4 is 30.4 Å². The second kappa shape index (κ2) is 40.9. The molecule has 0 amide bonds. The van der Waals surface area contributed by atoms with Crippen molar-refractivity contribution in [1.82, 2.24) is 0 Å². The zero-order valence-corrected chi connectivity index (χ0v) is 55.6. The molecule has 0 aliphatic heterocycles. The maximum atomic E-state index is 9.55. The molecule has 0 fully saturated rings. The van der Waals surface area contributed by atoms with Gasteiger partial charge in [-0.1, -0.05) is 148 Å². The average molecular weight is 1360 g/mol. The number of nitrogens with two attached hydrogens (primary N) is 2. The Labute approximate surface area is 567 Å². The summed E-state index contributed by atoms with van der Waals surface area (Å²) < 4.78 is 23.8. The summed E-state index contributed by atoms with van der Waals surface area (Å²) in [4.78, 5) is 19.1. The zero-order chi connectivity index (χ0) is 67.5. The van der Waals surface area contributed by atoms with Gasteiger partial charge in [-0.2, -0.15) is 21.0 Å². The van der Waals surface area contributed by atoms with Crippen LogP contribution in [0, 0.1) is 45.3 Å². The molecule has 0 aliphatic rings. The molecule has 6 N–H and O–H groups in total. The van der Waals surface area contributed by atoms with Crippen molar-refractivity contribution in [1.29, 1.82) is 21.0 Å². The molecule has 0 spiro atoms. The van der Waals surface area contributed by atoms with Crippen molar-refractivity contribution in [3.8, 4) is 70.3 Å². The molecule has 92 heavy (non-hydrogen) atoms. The predicted octanol–water partition coefficient (Wildman–Crippen LogP) is 19.9. The molecule has 476 valence electrons. The van der Waals surface area contributed by atoms with E-state index in [1.54, 1.807) is 72.8 Å². The molecule has 0 aliphatic carbocycles. The Balaban J connectivity index is 0.000000251. The second-order valence-electron chi connectivity index (χ2n) is 19.7. The Kier molecular flexibility index (Phi) is 33.7. The topological polar surface area (TPSA) is 259 Å². The van der Waals surface area contributed by atoms with Crippen LogP contribution in [0.4, 0.5) is 0 Å². The Morgan fingerprint density at radius 1 is 0.391 bits per heavy atom. The average Bonchev–Trinajstić information content (AvgIpc) is 0.978. The number of rotatable bonds is 22. The smallest absolute Gasteiger partial charge is 0.328 e. The monoisotopic (exact) mass is 1350 g/mol. The number of halogens is 6. The van der Waals surface area contributed by atoms with Gasteiger partial charge in [-0.05, 0) is 143 Å². The van der Waals surface area contributed by atoms with Crippen molar-refractivity contribution < 1.29 is 38.7 Å². The molecule has 0 aromatic heterocycles. The molecular weight excluding hydrogens is 1290 g/mol. The molecule has 8 aromatic carbocycles. The van der Waals surface area contributed by atoms with E-state index in [1.165, 1.54) is 0 Å². The molecule has 0 radical (unpaired) electrons. The van der Waals surface area contributed by atoms with Crippen LogP contribution >= 0.6 is 69.6 Å². The summed E-state index contributed by atoms with van der Waals surface area (Å²) in [5.74, 6) is 3.16. The fourth-order valence-electron chi connectivity index (χ4n) is 8.90. The first-order valence-electron chi connectivity index (χ1n) is 29.0. The molecule has 8 aromatic rings. The highest BCUT2D eigenvalue weighted by Crippen LogP contribution is 2.37. The lowest BCUT2D eigenvalue weighted by molar-refractivity contribution is -0.134. The standard InChI is InChI=1S/2C17H15Cl2NO.2C17H17ClN2O.C4H4O4/c2*1-2-4-15-12(10-18)5-3-6-16(15)21-17-9-14(19)8-7-13(17)11-20;2*1-2-4-15-12(10-19)5-3-6-16(15)21-17-9-14(18)8-7-13(17)11-20;5-3(6)1-2-4(7)8/h2*3,5-9H,2,4,10H2,1H3;2*3,5-9H,2,4,10,19H2,1H3;1-2H,(H,5,6)(H,7,8)/b;;;;2-1+. The summed E-state index contributed by atoms with van der Waals surface area (Å²) in [5, 5.41) is 54.4. The molecule has 0 bridgehead atoms. The minimum atomic E-state index is -1.26. The van der Waals surface area contributed by atoms with Crippen molar-refractivity contribution in [2.24, 2.45) is 11.5 Å². The van der Waals surface area contributed by atoms with Crippen molar-refractivity contribution in [2.45, 2.75) is 104 Å². The van der Waals surface area contributed by atoms with E-state index in [-0.39, 0.29) is 0 Å². The number of carboxylic acids is 2. The van der Waals surface area contributed by atoms with E-state index in [4.69, 9.17) is 131 Å². The van der Waals surface area contributed by atoms with Crippen LogP contribution in [-0.2, 0) is 60.1 Å². The first-order valence-corrected chi connectivity index (χ1v) is 31.6. The van der Waals surface area contributed by atoms with E-state index in [0.29, 0.717) is 102 Å². The van der Waals surface area contributed by atoms with E-state index in [2.05, 4.69) is 52.0 Å². The summed E-state index contributed by atoms with van der Waals surface area (Å²) in [6, 6.07) is 51.6. The number of aliphatic carboxylic acids is 2. The molecule has 0 saturated heterocycles. The van der Waals surface area contributed by atoms with Crippen LogP contribution in [0.3, 0.4) is 0 Å². The number of nitriles is 4. The maximum Gasteiger partial charge on any atom is 0.328 e. The highest BCUT2D eigenvalue weighted by molar-refractivity contribution is 6.31. The third-order valence-electron chi connectivity index (χ3n) is 13.2. The molecule has 0 atom stereocenters. The summed E-state index contributed by atoms with van der Waals surface area (Å²) in [6.45, 7) is 9.36. The number of ether oxygens (including phenoxy) is 4. The van der Waals surface area contributed by atoms with Crippen LogP contribution in [0.2, 0.25) is 20.1 Å². The van der Waals surface area contributed by atoms with Gasteiger partial charge in [0.25, 0.3) is 0 Å². The molecule has 0 heterocycles. The van der Waals surface area contributed by atoms with Crippen molar-refractivity contribution in [2.75, 3.05) is 0 Å². The van der Waals surface area contributed by atoms with Gasteiger partial charge in [0.2, 0.25) is 0 Å². The van der Waals surface area contributed by atoms with Crippen molar-refractivity contribution in [3.63, 3.8) is 0 Å². The normalized spacial score (nSPS) is 10.1.